The highest BCUT2D eigenvalue weighted by Gasteiger charge is 2.32. The van der Waals surface area contributed by atoms with Crippen molar-refractivity contribution in [3.8, 4) is 17.2 Å². The van der Waals surface area contributed by atoms with Crippen molar-refractivity contribution in [3.63, 3.8) is 0 Å². The van der Waals surface area contributed by atoms with Gasteiger partial charge in [0.1, 0.15) is 34.7 Å². The molecule has 158 valence electrons. The Labute approximate surface area is 176 Å². The van der Waals surface area contributed by atoms with Crippen molar-refractivity contribution in [2.24, 2.45) is 0 Å². The van der Waals surface area contributed by atoms with Gasteiger partial charge in [-0.3, -0.25) is 4.79 Å². The van der Waals surface area contributed by atoms with Crippen LogP contribution in [0.3, 0.4) is 0 Å². The van der Waals surface area contributed by atoms with E-state index in [-0.39, 0.29) is 40.8 Å². The van der Waals surface area contributed by atoms with E-state index in [0.717, 1.165) is 18.4 Å². The molecular formula is C25H27FO4. The van der Waals surface area contributed by atoms with E-state index in [9.17, 15) is 19.4 Å². The van der Waals surface area contributed by atoms with Gasteiger partial charge < -0.3 is 14.9 Å². The van der Waals surface area contributed by atoms with Crippen LogP contribution < -0.4 is 4.74 Å². The van der Waals surface area contributed by atoms with Gasteiger partial charge in [-0.05, 0) is 57.7 Å². The highest BCUT2D eigenvalue weighted by Crippen LogP contribution is 2.44. The van der Waals surface area contributed by atoms with E-state index < -0.39 is 6.10 Å². The number of Topliss-reactive ketones (excluding diaryl/α,β-unsaturated/α-hetero) is 1. The summed E-state index contributed by atoms with van der Waals surface area (Å²) in [5.74, 6) is -0.851. The Morgan fingerprint density at radius 3 is 2.53 bits per heavy atom. The number of ketones is 1. The van der Waals surface area contributed by atoms with Crippen LogP contribution in [0.4, 0.5) is 4.39 Å². The van der Waals surface area contributed by atoms with Crippen LogP contribution in [0.5, 0.6) is 17.2 Å². The van der Waals surface area contributed by atoms with Gasteiger partial charge in [0.15, 0.2) is 5.78 Å². The van der Waals surface area contributed by atoms with Gasteiger partial charge in [-0.1, -0.05) is 35.4 Å². The molecule has 0 amide bonds. The second kappa shape index (κ2) is 9.16. The first-order valence-corrected chi connectivity index (χ1v) is 10.1. The Morgan fingerprint density at radius 1 is 1.17 bits per heavy atom. The Bertz CT molecular complexity index is 999. The van der Waals surface area contributed by atoms with Gasteiger partial charge >= 0.3 is 0 Å². The molecule has 1 aliphatic rings. The minimum atomic E-state index is -0.590. The molecule has 2 aromatic rings. The molecule has 0 aromatic heterocycles. The molecule has 0 bridgehead atoms. The maximum atomic E-state index is 13.2. The fourth-order valence-electron chi connectivity index (χ4n) is 3.53. The van der Waals surface area contributed by atoms with Crippen molar-refractivity contribution in [1.29, 1.82) is 0 Å². The van der Waals surface area contributed by atoms with Crippen LogP contribution in [0.15, 0.2) is 53.6 Å². The predicted octanol–water partition coefficient (Wildman–Crippen LogP) is 6.18. The zero-order valence-corrected chi connectivity index (χ0v) is 17.5. The van der Waals surface area contributed by atoms with Crippen LogP contribution in [0.25, 0.3) is 0 Å². The van der Waals surface area contributed by atoms with E-state index in [0.29, 0.717) is 17.5 Å². The van der Waals surface area contributed by atoms with Gasteiger partial charge in [0, 0.05) is 11.6 Å². The molecule has 1 atom stereocenters. The molecule has 1 unspecified atom stereocenters. The summed E-state index contributed by atoms with van der Waals surface area (Å²) in [4.78, 5) is 12.7. The first-order valence-electron chi connectivity index (χ1n) is 10.1. The largest absolute Gasteiger partial charge is 0.507 e. The summed E-state index contributed by atoms with van der Waals surface area (Å²) in [5.41, 5.74) is 3.48. The summed E-state index contributed by atoms with van der Waals surface area (Å²) in [6.07, 6.45) is 5.71. The molecule has 2 aromatic carbocycles. The molecule has 3 rings (SSSR count). The number of allylic oxidation sites excluding steroid dienone is 4. The van der Waals surface area contributed by atoms with Gasteiger partial charge in [0.05, 0.1) is 6.42 Å². The number of halogens is 1. The number of aromatic hydroxyl groups is 2. The van der Waals surface area contributed by atoms with Crippen LogP contribution in [0.1, 0.15) is 67.6 Å². The standard InChI is InChI=1S/C25H27FO4/c1-15(2)5-4-6-16(3)7-12-19-20(27)13-23-24(25(19)29)21(28)14-22(30-23)17-8-10-18(26)11-9-17/h5,7-11,13,22,27,29H,4,6,12,14H2,1-3H3/b16-7+. The van der Waals surface area contributed by atoms with Crippen LogP contribution in [0, 0.1) is 5.82 Å². The zero-order chi connectivity index (χ0) is 21.8. The number of fused-ring (bicyclic) bond motifs is 1. The normalized spacial score (nSPS) is 16.1. The molecule has 1 aliphatic heterocycles. The first-order chi connectivity index (χ1) is 14.3. The van der Waals surface area contributed by atoms with Crippen molar-refractivity contribution >= 4 is 5.78 Å². The van der Waals surface area contributed by atoms with Crippen LogP contribution >= 0.6 is 0 Å². The Morgan fingerprint density at radius 2 is 1.87 bits per heavy atom. The molecule has 1 heterocycles. The number of hydrogen-bond acceptors (Lipinski definition) is 4. The van der Waals surface area contributed by atoms with E-state index in [2.05, 4.69) is 19.9 Å². The number of phenolic OH excluding ortho intramolecular Hbond substituents is 2. The fourth-order valence-corrected chi connectivity index (χ4v) is 3.53. The van der Waals surface area contributed by atoms with Gasteiger partial charge in [-0.15, -0.1) is 0 Å². The van der Waals surface area contributed by atoms with Gasteiger partial charge in [-0.25, -0.2) is 4.39 Å². The quantitative estimate of drug-likeness (QED) is 0.558. The average Bonchev–Trinajstić information content (AvgIpc) is 2.67. The van der Waals surface area contributed by atoms with E-state index >= 15 is 0 Å². The van der Waals surface area contributed by atoms with Gasteiger partial charge in [0.2, 0.25) is 0 Å². The third-order valence-electron chi connectivity index (χ3n) is 5.25. The highest BCUT2D eigenvalue weighted by molar-refractivity contribution is 6.03. The lowest BCUT2D eigenvalue weighted by molar-refractivity contribution is 0.0844. The summed E-state index contributed by atoms with van der Waals surface area (Å²) < 4.78 is 19.0. The van der Waals surface area contributed by atoms with E-state index in [1.54, 1.807) is 12.1 Å². The maximum Gasteiger partial charge on any atom is 0.174 e. The molecule has 30 heavy (non-hydrogen) atoms. The summed E-state index contributed by atoms with van der Waals surface area (Å²) in [7, 11) is 0. The third-order valence-corrected chi connectivity index (χ3v) is 5.25. The molecule has 5 heteroatoms. The maximum absolute atomic E-state index is 13.2. The number of ether oxygens (including phenoxy) is 1. The Kier molecular flexibility index (Phi) is 6.60. The SMILES string of the molecule is CC(C)=CCC/C(C)=C/Cc1c(O)cc2c(c1O)C(=O)CC(c1ccc(F)cc1)O2. The second-order valence-corrected chi connectivity index (χ2v) is 7.96. The molecule has 0 aliphatic carbocycles. The number of phenols is 2. The fraction of sp³-hybridized carbons (Fsp3) is 0.320. The van der Waals surface area contributed by atoms with E-state index in [1.807, 2.05) is 13.0 Å². The van der Waals surface area contributed by atoms with Crippen molar-refractivity contribution in [2.45, 2.75) is 52.6 Å². The Balaban J connectivity index is 1.82. The summed E-state index contributed by atoms with van der Waals surface area (Å²) in [6.45, 7) is 6.12. The minimum Gasteiger partial charge on any atom is -0.507 e. The predicted molar refractivity (Wildman–Crippen MR) is 115 cm³/mol. The molecular weight excluding hydrogens is 383 g/mol. The minimum absolute atomic E-state index is 0.0357. The van der Waals surface area contributed by atoms with Crippen molar-refractivity contribution < 1.29 is 24.1 Å². The second-order valence-electron chi connectivity index (χ2n) is 7.96. The zero-order valence-electron chi connectivity index (χ0n) is 17.5. The highest BCUT2D eigenvalue weighted by atomic mass is 19.1. The summed E-state index contributed by atoms with van der Waals surface area (Å²) in [5, 5.41) is 21.1. The number of benzene rings is 2. The lowest BCUT2D eigenvalue weighted by Gasteiger charge is -2.27. The number of carbonyl (C=O) groups is 1. The summed E-state index contributed by atoms with van der Waals surface area (Å²) >= 11 is 0. The number of rotatable bonds is 6. The topological polar surface area (TPSA) is 66.8 Å². The van der Waals surface area contributed by atoms with Crippen LogP contribution in [-0.2, 0) is 6.42 Å². The molecule has 4 nitrogen and oxygen atoms in total. The van der Waals surface area contributed by atoms with E-state index in [1.165, 1.54) is 23.8 Å². The number of carbonyl (C=O) groups excluding carboxylic acids is 1. The molecule has 0 spiro atoms. The van der Waals surface area contributed by atoms with Crippen LogP contribution in [-0.4, -0.2) is 16.0 Å². The number of hydrogen-bond donors (Lipinski definition) is 2. The lowest BCUT2D eigenvalue weighted by Crippen LogP contribution is -2.21. The first kappa shape index (κ1) is 21.6. The average molecular weight is 410 g/mol. The third kappa shape index (κ3) is 4.90. The van der Waals surface area contributed by atoms with Crippen molar-refractivity contribution in [2.75, 3.05) is 0 Å². The molecule has 0 saturated carbocycles. The lowest BCUT2D eigenvalue weighted by atomic mass is 9.92. The van der Waals surface area contributed by atoms with E-state index in [4.69, 9.17) is 4.74 Å². The van der Waals surface area contributed by atoms with Gasteiger partial charge in [0.25, 0.3) is 0 Å². The van der Waals surface area contributed by atoms with Gasteiger partial charge in [-0.2, -0.15) is 0 Å². The molecule has 2 N–H and O–H groups in total. The molecule has 0 fully saturated rings. The summed E-state index contributed by atoms with van der Waals surface area (Å²) in [6, 6.07) is 7.13. The molecule has 0 saturated heterocycles. The Hall–Kier alpha value is -3.08. The van der Waals surface area contributed by atoms with Crippen molar-refractivity contribution in [1.82, 2.24) is 0 Å². The smallest absolute Gasteiger partial charge is 0.174 e. The molecule has 0 radical (unpaired) electrons. The van der Waals surface area contributed by atoms with Crippen molar-refractivity contribution in [3.05, 3.63) is 76.1 Å². The van der Waals surface area contributed by atoms with Crippen LogP contribution in [0.2, 0.25) is 0 Å². The monoisotopic (exact) mass is 410 g/mol.